The Hall–Kier alpha value is -3.34. The molecule has 146 valence electrons. The summed E-state index contributed by atoms with van der Waals surface area (Å²) in [6, 6.07) is 10.4. The molecule has 0 aliphatic heterocycles. The molecule has 1 heterocycles. The predicted octanol–water partition coefficient (Wildman–Crippen LogP) is 2.82. The zero-order valence-electron chi connectivity index (χ0n) is 15.6. The summed E-state index contributed by atoms with van der Waals surface area (Å²) in [7, 11) is 0. The van der Waals surface area contributed by atoms with Crippen molar-refractivity contribution in [1.29, 1.82) is 5.26 Å². The second-order valence-corrected chi connectivity index (χ2v) is 6.65. The molecule has 0 unspecified atom stereocenters. The average Bonchev–Trinajstić information content (AvgIpc) is 3.38. The highest BCUT2D eigenvalue weighted by Crippen LogP contribution is 2.31. The Morgan fingerprint density at radius 2 is 2.00 bits per heavy atom. The number of nitrogens with zero attached hydrogens (tertiary/aromatic N) is 3. The van der Waals surface area contributed by atoms with Gasteiger partial charge in [-0.05, 0) is 44.0 Å². The van der Waals surface area contributed by atoms with Crippen LogP contribution in [-0.4, -0.2) is 34.4 Å². The van der Waals surface area contributed by atoms with Crippen LogP contribution in [0.1, 0.15) is 44.2 Å². The van der Waals surface area contributed by atoms with Crippen molar-refractivity contribution in [2.24, 2.45) is 0 Å². The molecule has 0 bridgehead atoms. The molecular formula is C20H22N4O4. The third kappa shape index (κ3) is 4.88. The van der Waals surface area contributed by atoms with E-state index < -0.39 is 24.6 Å². The smallest absolute Gasteiger partial charge is 0.347 e. The molecule has 1 aromatic carbocycles. The Morgan fingerprint density at radius 1 is 1.29 bits per heavy atom. The second kappa shape index (κ2) is 9.04. The number of benzene rings is 1. The summed E-state index contributed by atoms with van der Waals surface area (Å²) in [6.45, 7) is 1.13. The van der Waals surface area contributed by atoms with Crippen LogP contribution in [0, 0.1) is 11.3 Å². The number of nitrogens with one attached hydrogen (secondary N) is 1. The third-order valence-electron chi connectivity index (χ3n) is 4.58. The molecule has 1 amide bonds. The highest BCUT2D eigenvalue weighted by atomic mass is 16.6. The first-order chi connectivity index (χ1) is 13.6. The fraction of sp³-hybridized carbons (Fsp3) is 0.400. The van der Waals surface area contributed by atoms with E-state index in [-0.39, 0.29) is 0 Å². The quantitative estimate of drug-likeness (QED) is 0.738. The van der Waals surface area contributed by atoms with Crippen molar-refractivity contribution in [1.82, 2.24) is 9.78 Å². The molecule has 1 fully saturated rings. The summed E-state index contributed by atoms with van der Waals surface area (Å²) in [6.07, 6.45) is 5.17. The fourth-order valence-electron chi connectivity index (χ4n) is 3.15. The van der Waals surface area contributed by atoms with Gasteiger partial charge in [-0.3, -0.25) is 4.79 Å². The van der Waals surface area contributed by atoms with Crippen LogP contribution in [0.2, 0.25) is 0 Å². The summed E-state index contributed by atoms with van der Waals surface area (Å²) in [5, 5.41) is 15.8. The molecule has 1 saturated carbocycles. The van der Waals surface area contributed by atoms with Crippen molar-refractivity contribution in [2.75, 3.05) is 11.9 Å². The van der Waals surface area contributed by atoms with Crippen molar-refractivity contribution in [3.8, 4) is 11.8 Å². The van der Waals surface area contributed by atoms with Gasteiger partial charge in [0.1, 0.15) is 11.6 Å². The number of hydrogen-bond acceptors (Lipinski definition) is 6. The van der Waals surface area contributed by atoms with Gasteiger partial charge in [0, 0.05) is 6.07 Å². The molecule has 3 rings (SSSR count). The van der Waals surface area contributed by atoms with Crippen LogP contribution >= 0.6 is 0 Å². The highest BCUT2D eigenvalue weighted by molar-refractivity contribution is 5.92. The largest absolute Gasteiger partial charge is 0.479 e. The van der Waals surface area contributed by atoms with Gasteiger partial charge in [-0.25, -0.2) is 9.48 Å². The van der Waals surface area contributed by atoms with Crippen LogP contribution in [0.3, 0.4) is 0 Å². The minimum Gasteiger partial charge on any atom is -0.479 e. The standard InChI is InChI=1S/C20H22N4O4/c1-14(28-17-8-6-15(12-21)7-9-17)20(26)27-13-19(25)23-18-10-11-22-24(18)16-4-2-3-5-16/h6-11,14,16H,2-5,13H2,1H3,(H,23,25)/t14-/m0/s1. The van der Waals surface area contributed by atoms with E-state index in [1.165, 1.54) is 6.92 Å². The number of carbonyl (C=O) groups excluding carboxylic acids is 2. The summed E-state index contributed by atoms with van der Waals surface area (Å²) in [4.78, 5) is 24.2. The van der Waals surface area contributed by atoms with E-state index in [0.29, 0.717) is 23.2 Å². The molecule has 0 saturated heterocycles. The second-order valence-electron chi connectivity index (χ2n) is 6.65. The van der Waals surface area contributed by atoms with Gasteiger partial charge in [0.05, 0.1) is 23.9 Å². The lowest BCUT2D eigenvalue weighted by Crippen LogP contribution is -2.30. The Bertz CT molecular complexity index is 863. The van der Waals surface area contributed by atoms with Gasteiger partial charge in [-0.15, -0.1) is 0 Å². The first-order valence-electron chi connectivity index (χ1n) is 9.23. The van der Waals surface area contributed by atoms with Crippen LogP contribution in [-0.2, 0) is 14.3 Å². The molecule has 8 heteroatoms. The van der Waals surface area contributed by atoms with E-state index in [1.54, 1.807) is 36.5 Å². The molecule has 2 aromatic rings. The van der Waals surface area contributed by atoms with E-state index in [9.17, 15) is 9.59 Å². The van der Waals surface area contributed by atoms with E-state index >= 15 is 0 Å². The number of esters is 1. The average molecular weight is 382 g/mol. The van der Waals surface area contributed by atoms with Crippen LogP contribution in [0.25, 0.3) is 0 Å². The molecule has 1 atom stereocenters. The van der Waals surface area contributed by atoms with Gasteiger partial charge in [0.2, 0.25) is 0 Å². The Labute approximate surface area is 163 Å². The zero-order chi connectivity index (χ0) is 19.9. The van der Waals surface area contributed by atoms with Crippen molar-refractivity contribution in [3.63, 3.8) is 0 Å². The van der Waals surface area contributed by atoms with E-state index in [0.717, 1.165) is 25.7 Å². The van der Waals surface area contributed by atoms with Crippen molar-refractivity contribution in [2.45, 2.75) is 44.8 Å². The summed E-state index contributed by atoms with van der Waals surface area (Å²) < 4.78 is 12.3. The zero-order valence-corrected chi connectivity index (χ0v) is 15.6. The maximum absolute atomic E-state index is 12.1. The maximum atomic E-state index is 12.1. The van der Waals surface area contributed by atoms with E-state index in [4.69, 9.17) is 14.7 Å². The first kappa shape index (κ1) is 19.4. The third-order valence-corrected chi connectivity index (χ3v) is 4.58. The molecule has 28 heavy (non-hydrogen) atoms. The van der Waals surface area contributed by atoms with E-state index in [2.05, 4.69) is 10.4 Å². The topological polar surface area (TPSA) is 106 Å². The number of nitriles is 1. The van der Waals surface area contributed by atoms with Gasteiger partial charge in [-0.1, -0.05) is 12.8 Å². The molecular weight excluding hydrogens is 360 g/mol. The van der Waals surface area contributed by atoms with Gasteiger partial charge in [0.15, 0.2) is 12.7 Å². The molecule has 1 aliphatic carbocycles. The van der Waals surface area contributed by atoms with Crippen LogP contribution < -0.4 is 10.1 Å². The Morgan fingerprint density at radius 3 is 2.68 bits per heavy atom. The van der Waals surface area contributed by atoms with Gasteiger partial charge in [-0.2, -0.15) is 10.4 Å². The number of carbonyl (C=O) groups is 2. The monoisotopic (exact) mass is 382 g/mol. The Balaban J connectivity index is 1.46. The molecule has 1 N–H and O–H groups in total. The number of ether oxygens (including phenoxy) is 2. The predicted molar refractivity (Wildman–Crippen MR) is 101 cm³/mol. The number of hydrogen-bond donors (Lipinski definition) is 1. The van der Waals surface area contributed by atoms with E-state index in [1.807, 2.05) is 10.8 Å². The van der Waals surface area contributed by atoms with Gasteiger partial charge < -0.3 is 14.8 Å². The molecule has 1 aromatic heterocycles. The fourth-order valence-corrected chi connectivity index (χ4v) is 3.15. The highest BCUT2D eigenvalue weighted by Gasteiger charge is 2.22. The first-order valence-corrected chi connectivity index (χ1v) is 9.23. The lowest BCUT2D eigenvalue weighted by Gasteiger charge is -2.16. The number of amides is 1. The van der Waals surface area contributed by atoms with Gasteiger partial charge in [0.25, 0.3) is 5.91 Å². The minimum absolute atomic E-state index is 0.300. The molecule has 0 spiro atoms. The maximum Gasteiger partial charge on any atom is 0.347 e. The lowest BCUT2D eigenvalue weighted by molar-refractivity contribution is -0.153. The number of aromatic nitrogens is 2. The van der Waals surface area contributed by atoms with Gasteiger partial charge >= 0.3 is 5.97 Å². The van der Waals surface area contributed by atoms with Crippen LogP contribution in [0.15, 0.2) is 36.5 Å². The lowest BCUT2D eigenvalue weighted by atomic mass is 10.2. The summed E-state index contributed by atoms with van der Waals surface area (Å²) in [5.74, 6) is -0.0364. The van der Waals surface area contributed by atoms with Crippen LogP contribution in [0.4, 0.5) is 5.82 Å². The molecule has 1 aliphatic rings. The summed E-state index contributed by atoms with van der Waals surface area (Å²) >= 11 is 0. The molecule has 0 radical (unpaired) electrons. The normalized spacial score (nSPS) is 14.9. The summed E-state index contributed by atoms with van der Waals surface area (Å²) in [5.41, 5.74) is 0.496. The SMILES string of the molecule is C[C@H](Oc1ccc(C#N)cc1)C(=O)OCC(=O)Nc1ccnn1C1CCCC1. The number of anilines is 1. The van der Waals surface area contributed by atoms with Crippen molar-refractivity contribution < 1.29 is 19.1 Å². The van der Waals surface area contributed by atoms with Crippen molar-refractivity contribution in [3.05, 3.63) is 42.1 Å². The van der Waals surface area contributed by atoms with Crippen LogP contribution in [0.5, 0.6) is 5.75 Å². The molecule has 8 nitrogen and oxygen atoms in total. The van der Waals surface area contributed by atoms with Crippen molar-refractivity contribution >= 4 is 17.7 Å². The number of rotatable bonds is 7. The minimum atomic E-state index is -0.884. The Kier molecular flexibility index (Phi) is 6.27.